The summed E-state index contributed by atoms with van der Waals surface area (Å²) < 4.78 is 11.0. The zero-order valence-electron chi connectivity index (χ0n) is 10.3. The lowest BCUT2D eigenvalue weighted by atomic mass is 10.1. The quantitative estimate of drug-likeness (QED) is 0.841. The molecular weight excluding hydrogens is 232 g/mol. The zero-order valence-corrected chi connectivity index (χ0v) is 10.3. The molecule has 2 rings (SSSR count). The highest BCUT2D eigenvalue weighted by atomic mass is 16.5. The molecule has 0 aromatic heterocycles. The molecule has 0 amide bonds. The number of hydrogen-bond acceptors (Lipinski definition) is 3. The van der Waals surface area contributed by atoms with Gasteiger partial charge in [-0.15, -0.1) is 0 Å². The van der Waals surface area contributed by atoms with Crippen LogP contribution < -0.4 is 4.74 Å². The molecule has 18 heavy (non-hydrogen) atoms. The molecular formula is C14H18O4. The Kier molecular flexibility index (Phi) is 4.59. The molecule has 0 spiro atoms. The molecule has 98 valence electrons. The van der Waals surface area contributed by atoms with Gasteiger partial charge in [0.1, 0.15) is 11.9 Å². The molecule has 1 atom stereocenters. The van der Waals surface area contributed by atoms with Crippen LogP contribution in [0.5, 0.6) is 5.75 Å². The molecule has 1 unspecified atom stereocenters. The van der Waals surface area contributed by atoms with Crippen molar-refractivity contribution in [2.75, 3.05) is 13.2 Å². The second-order valence-electron chi connectivity index (χ2n) is 4.49. The Morgan fingerprint density at radius 2 is 2.17 bits per heavy atom. The van der Waals surface area contributed by atoms with Crippen molar-refractivity contribution in [1.29, 1.82) is 0 Å². The average Bonchev–Trinajstić information content (AvgIpc) is 2.84. The van der Waals surface area contributed by atoms with Crippen molar-refractivity contribution < 1.29 is 19.4 Å². The molecule has 1 aliphatic heterocycles. The van der Waals surface area contributed by atoms with E-state index in [4.69, 9.17) is 14.6 Å². The van der Waals surface area contributed by atoms with Gasteiger partial charge in [-0.1, -0.05) is 12.1 Å². The number of rotatable bonds is 6. The van der Waals surface area contributed by atoms with Gasteiger partial charge in [-0.3, -0.25) is 4.79 Å². The smallest absolute Gasteiger partial charge is 0.303 e. The molecule has 0 aliphatic carbocycles. The summed E-state index contributed by atoms with van der Waals surface area (Å²) in [5.41, 5.74) is 1.14. The van der Waals surface area contributed by atoms with E-state index in [9.17, 15) is 4.79 Å². The molecule has 4 nitrogen and oxygen atoms in total. The largest absolute Gasteiger partial charge is 0.488 e. The van der Waals surface area contributed by atoms with Crippen molar-refractivity contribution in [1.82, 2.24) is 0 Å². The van der Waals surface area contributed by atoms with E-state index in [0.717, 1.165) is 30.8 Å². The van der Waals surface area contributed by atoms with Crippen molar-refractivity contribution in [3.63, 3.8) is 0 Å². The van der Waals surface area contributed by atoms with Crippen LogP contribution in [0.4, 0.5) is 0 Å². The summed E-state index contributed by atoms with van der Waals surface area (Å²) in [6.07, 6.45) is 2.80. The van der Waals surface area contributed by atoms with Gasteiger partial charge in [-0.2, -0.15) is 0 Å². The summed E-state index contributed by atoms with van der Waals surface area (Å²) >= 11 is 0. The number of aryl methyl sites for hydroxylation is 1. The summed E-state index contributed by atoms with van der Waals surface area (Å²) in [5.74, 6) is 0.115. The summed E-state index contributed by atoms with van der Waals surface area (Å²) in [4.78, 5) is 10.4. The maximum absolute atomic E-state index is 10.4. The molecule has 0 saturated carbocycles. The maximum Gasteiger partial charge on any atom is 0.303 e. The monoisotopic (exact) mass is 250 g/mol. The lowest BCUT2D eigenvalue weighted by Crippen LogP contribution is -2.15. The van der Waals surface area contributed by atoms with E-state index in [2.05, 4.69) is 0 Å². The molecule has 0 bridgehead atoms. The van der Waals surface area contributed by atoms with E-state index in [1.165, 1.54) is 0 Å². The van der Waals surface area contributed by atoms with Crippen molar-refractivity contribution in [3.05, 3.63) is 29.8 Å². The van der Waals surface area contributed by atoms with Crippen LogP contribution >= 0.6 is 0 Å². The number of hydrogen-bond donors (Lipinski definition) is 1. The molecule has 1 aromatic carbocycles. The van der Waals surface area contributed by atoms with Crippen LogP contribution in [0.25, 0.3) is 0 Å². The van der Waals surface area contributed by atoms with Crippen LogP contribution in [-0.4, -0.2) is 30.4 Å². The van der Waals surface area contributed by atoms with Gasteiger partial charge in [0.25, 0.3) is 0 Å². The Balaban J connectivity index is 1.79. The van der Waals surface area contributed by atoms with Gasteiger partial charge in [0.15, 0.2) is 0 Å². The highest BCUT2D eigenvalue weighted by Gasteiger charge is 2.16. The summed E-state index contributed by atoms with van der Waals surface area (Å²) in [5, 5.41) is 8.56. The SMILES string of the molecule is O=C(O)CCCc1ccc(OC2CCOC2)cc1. The minimum atomic E-state index is -0.740. The Morgan fingerprint density at radius 3 is 2.78 bits per heavy atom. The van der Waals surface area contributed by atoms with Gasteiger partial charge in [-0.05, 0) is 30.5 Å². The second kappa shape index (κ2) is 6.40. The lowest BCUT2D eigenvalue weighted by Gasteiger charge is -2.12. The molecule has 1 saturated heterocycles. The standard InChI is InChI=1S/C14H18O4/c15-14(16)3-1-2-11-4-6-12(7-5-11)18-13-8-9-17-10-13/h4-7,13H,1-3,8-10H2,(H,15,16). The van der Waals surface area contributed by atoms with Gasteiger partial charge in [0, 0.05) is 12.8 Å². The Labute approximate surface area is 107 Å². The average molecular weight is 250 g/mol. The van der Waals surface area contributed by atoms with Gasteiger partial charge >= 0.3 is 5.97 Å². The van der Waals surface area contributed by atoms with Gasteiger partial charge in [0.2, 0.25) is 0 Å². The molecule has 4 heteroatoms. The number of benzene rings is 1. The predicted octanol–water partition coefficient (Wildman–Crippen LogP) is 2.26. The fourth-order valence-corrected chi connectivity index (χ4v) is 1.98. The number of ether oxygens (including phenoxy) is 2. The fourth-order valence-electron chi connectivity index (χ4n) is 1.98. The number of carbonyl (C=O) groups is 1. The highest BCUT2D eigenvalue weighted by molar-refractivity contribution is 5.66. The first kappa shape index (κ1) is 12.9. The van der Waals surface area contributed by atoms with E-state index < -0.39 is 5.97 Å². The van der Waals surface area contributed by atoms with E-state index >= 15 is 0 Å². The van der Waals surface area contributed by atoms with Crippen LogP contribution in [0.3, 0.4) is 0 Å². The molecule has 1 fully saturated rings. The Hall–Kier alpha value is -1.55. The number of carboxylic acid groups (broad SMARTS) is 1. The van der Waals surface area contributed by atoms with Crippen LogP contribution in [-0.2, 0) is 16.0 Å². The van der Waals surface area contributed by atoms with Crippen LogP contribution in [0, 0.1) is 0 Å². The minimum Gasteiger partial charge on any atom is -0.488 e. The molecule has 1 aliphatic rings. The number of aliphatic carboxylic acids is 1. The van der Waals surface area contributed by atoms with Gasteiger partial charge in [-0.25, -0.2) is 0 Å². The summed E-state index contributed by atoms with van der Waals surface area (Å²) in [6, 6.07) is 7.86. The van der Waals surface area contributed by atoms with Gasteiger partial charge in [0.05, 0.1) is 13.2 Å². The number of carboxylic acids is 1. The lowest BCUT2D eigenvalue weighted by molar-refractivity contribution is -0.137. The molecule has 0 radical (unpaired) electrons. The van der Waals surface area contributed by atoms with Crippen molar-refractivity contribution in [2.45, 2.75) is 31.8 Å². The third kappa shape index (κ3) is 4.04. The minimum absolute atomic E-state index is 0.169. The van der Waals surface area contributed by atoms with Gasteiger partial charge < -0.3 is 14.6 Å². The van der Waals surface area contributed by atoms with E-state index in [-0.39, 0.29) is 12.5 Å². The third-order valence-corrected chi connectivity index (χ3v) is 2.97. The first-order chi connectivity index (χ1) is 8.74. The topological polar surface area (TPSA) is 55.8 Å². The van der Waals surface area contributed by atoms with E-state index in [0.29, 0.717) is 13.0 Å². The second-order valence-corrected chi connectivity index (χ2v) is 4.49. The fraction of sp³-hybridized carbons (Fsp3) is 0.500. The van der Waals surface area contributed by atoms with Crippen molar-refractivity contribution in [2.24, 2.45) is 0 Å². The first-order valence-electron chi connectivity index (χ1n) is 6.29. The van der Waals surface area contributed by atoms with Crippen LogP contribution in [0.2, 0.25) is 0 Å². The summed E-state index contributed by atoms with van der Waals surface area (Å²) in [7, 11) is 0. The van der Waals surface area contributed by atoms with Crippen molar-refractivity contribution >= 4 is 5.97 Å². The van der Waals surface area contributed by atoms with Crippen LogP contribution in [0.15, 0.2) is 24.3 Å². The molecule has 1 heterocycles. The zero-order chi connectivity index (χ0) is 12.8. The Morgan fingerprint density at radius 1 is 1.39 bits per heavy atom. The van der Waals surface area contributed by atoms with Crippen LogP contribution in [0.1, 0.15) is 24.8 Å². The predicted molar refractivity (Wildman–Crippen MR) is 66.9 cm³/mol. The maximum atomic E-state index is 10.4. The normalized spacial score (nSPS) is 18.8. The van der Waals surface area contributed by atoms with E-state index in [1.807, 2.05) is 24.3 Å². The summed E-state index contributed by atoms with van der Waals surface area (Å²) in [6.45, 7) is 1.44. The molecule has 1 N–H and O–H groups in total. The van der Waals surface area contributed by atoms with Crippen molar-refractivity contribution in [3.8, 4) is 5.75 Å². The highest BCUT2D eigenvalue weighted by Crippen LogP contribution is 2.18. The Bertz CT molecular complexity index is 379. The van der Waals surface area contributed by atoms with E-state index in [1.54, 1.807) is 0 Å². The third-order valence-electron chi connectivity index (χ3n) is 2.97. The first-order valence-corrected chi connectivity index (χ1v) is 6.29. The molecule has 1 aromatic rings.